The van der Waals surface area contributed by atoms with Crippen molar-refractivity contribution in [2.45, 2.75) is 0 Å². The van der Waals surface area contributed by atoms with Gasteiger partial charge in [-0.15, -0.1) is 0 Å². The Morgan fingerprint density at radius 3 is 2.89 bits per heavy atom. The van der Waals surface area contributed by atoms with Crippen LogP contribution in [0.25, 0.3) is 17.0 Å². The fraction of sp³-hybridized carbons (Fsp3) is 0. The summed E-state index contributed by atoms with van der Waals surface area (Å²) in [7, 11) is 0. The van der Waals surface area contributed by atoms with E-state index in [9.17, 15) is 4.79 Å². The zero-order valence-corrected chi connectivity index (χ0v) is 9.19. The van der Waals surface area contributed by atoms with E-state index in [1.54, 1.807) is 35.4 Å². The smallest absolute Gasteiger partial charge is 0.335 e. The molecule has 18 heavy (non-hydrogen) atoms. The average Bonchev–Trinajstić information content (AvgIpc) is 2.82. The summed E-state index contributed by atoms with van der Waals surface area (Å²) < 4.78 is 1.75. The number of nitrogens with zero attached hydrogens (tertiary/aromatic N) is 4. The number of carbonyl (C=O) groups is 1. The molecule has 0 bridgehead atoms. The molecule has 0 amide bonds. The first kappa shape index (κ1) is 10.4. The van der Waals surface area contributed by atoms with Crippen LogP contribution in [0, 0.1) is 0 Å². The number of rotatable bonds is 2. The van der Waals surface area contributed by atoms with Crippen LogP contribution in [0.5, 0.6) is 0 Å². The van der Waals surface area contributed by atoms with Crippen LogP contribution >= 0.6 is 0 Å². The van der Waals surface area contributed by atoms with Gasteiger partial charge in [-0.2, -0.15) is 0 Å². The van der Waals surface area contributed by atoms with Crippen molar-refractivity contribution >= 4 is 11.6 Å². The van der Waals surface area contributed by atoms with Gasteiger partial charge in [-0.3, -0.25) is 9.97 Å². The molecule has 0 aliphatic rings. The van der Waals surface area contributed by atoms with Crippen LogP contribution in [-0.2, 0) is 0 Å². The molecule has 0 aliphatic heterocycles. The van der Waals surface area contributed by atoms with Gasteiger partial charge in [-0.05, 0) is 12.1 Å². The minimum atomic E-state index is -0.971. The predicted molar refractivity (Wildman–Crippen MR) is 63.2 cm³/mol. The van der Waals surface area contributed by atoms with Crippen LogP contribution < -0.4 is 0 Å². The van der Waals surface area contributed by atoms with Crippen molar-refractivity contribution < 1.29 is 9.90 Å². The number of aromatic nitrogens is 4. The highest BCUT2D eigenvalue weighted by Gasteiger charge is 2.08. The lowest BCUT2D eigenvalue weighted by Gasteiger charge is -1.94. The summed E-state index contributed by atoms with van der Waals surface area (Å²) in [5.74, 6) is -0.971. The Bertz CT molecular complexity index is 721. The Morgan fingerprint density at radius 2 is 2.17 bits per heavy atom. The number of hydrogen-bond acceptors (Lipinski definition) is 4. The minimum absolute atomic E-state index is 0.207. The molecule has 0 aliphatic carbocycles. The van der Waals surface area contributed by atoms with E-state index in [0.717, 1.165) is 0 Å². The average molecular weight is 240 g/mol. The lowest BCUT2D eigenvalue weighted by atomic mass is 10.3. The quantitative estimate of drug-likeness (QED) is 0.734. The number of fused-ring (bicyclic) bond motifs is 1. The van der Waals surface area contributed by atoms with Gasteiger partial charge in [-0.1, -0.05) is 0 Å². The predicted octanol–water partition coefficient (Wildman–Crippen LogP) is 1.49. The number of carboxylic acids is 1. The van der Waals surface area contributed by atoms with E-state index >= 15 is 0 Å². The second-order valence-corrected chi connectivity index (χ2v) is 3.70. The van der Waals surface area contributed by atoms with Crippen molar-refractivity contribution in [3.63, 3.8) is 0 Å². The summed E-state index contributed by atoms with van der Waals surface area (Å²) in [6.45, 7) is 0. The van der Waals surface area contributed by atoms with Crippen molar-refractivity contribution in [3.8, 4) is 11.4 Å². The van der Waals surface area contributed by atoms with Crippen LogP contribution in [0.15, 0.2) is 43.1 Å². The summed E-state index contributed by atoms with van der Waals surface area (Å²) in [6, 6.07) is 3.04. The first-order valence-corrected chi connectivity index (χ1v) is 5.22. The van der Waals surface area contributed by atoms with Crippen LogP contribution in [0.1, 0.15) is 10.4 Å². The standard InChI is InChI=1S/C12H8N4O2/c17-12(18)8-1-4-16-7-10(15-11(16)5-8)9-6-13-2-3-14-9/h1-7H,(H,17,18). The molecule has 1 N–H and O–H groups in total. The van der Waals surface area contributed by atoms with Gasteiger partial charge in [0.1, 0.15) is 17.0 Å². The van der Waals surface area contributed by atoms with Crippen molar-refractivity contribution in [1.29, 1.82) is 0 Å². The van der Waals surface area contributed by atoms with Gasteiger partial charge in [0.15, 0.2) is 0 Å². The molecular formula is C12H8N4O2. The van der Waals surface area contributed by atoms with Crippen molar-refractivity contribution in [2.24, 2.45) is 0 Å². The second-order valence-electron chi connectivity index (χ2n) is 3.70. The van der Waals surface area contributed by atoms with E-state index in [-0.39, 0.29) is 5.56 Å². The number of carboxylic acid groups (broad SMARTS) is 1. The van der Waals surface area contributed by atoms with E-state index < -0.39 is 5.97 Å². The van der Waals surface area contributed by atoms with Gasteiger partial charge in [0, 0.05) is 24.8 Å². The summed E-state index contributed by atoms with van der Waals surface area (Å²) >= 11 is 0. The van der Waals surface area contributed by atoms with Crippen LogP contribution in [0.3, 0.4) is 0 Å². The molecule has 0 radical (unpaired) electrons. The molecule has 0 saturated heterocycles. The minimum Gasteiger partial charge on any atom is -0.478 e. The summed E-state index contributed by atoms with van der Waals surface area (Å²) in [5, 5.41) is 8.91. The summed E-state index contributed by atoms with van der Waals surface area (Å²) in [6.07, 6.45) is 8.22. The molecule has 6 nitrogen and oxygen atoms in total. The van der Waals surface area contributed by atoms with E-state index in [2.05, 4.69) is 15.0 Å². The number of aromatic carboxylic acids is 1. The lowest BCUT2D eigenvalue weighted by molar-refractivity contribution is 0.0697. The molecule has 0 unspecified atom stereocenters. The Kier molecular flexibility index (Phi) is 2.26. The molecule has 3 heterocycles. The molecule has 3 aromatic heterocycles. The van der Waals surface area contributed by atoms with Gasteiger partial charge in [0.05, 0.1) is 11.8 Å². The third-order valence-corrected chi connectivity index (χ3v) is 2.53. The molecule has 0 saturated carbocycles. The zero-order valence-electron chi connectivity index (χ0n) is 9.19. The first-order valence-electron chi connectivity index (χ1n) is 5.22. The Balaban J connectivity index is 2.14. The monoisotopic (exact) mass is 240 g/mol. The topological polar surface area (TPSA) is 80.4 Å². The number of imidazole rings is 1. The third kappa shape index (κ3) is 1.69. The number of hydrogen-bond donors (Lipinski definition) is 1. The fourth-order valence-corrected chi connectivity index (χ4v) is 1.67. The maximum Gasteiger partial charge on any atom is 0.335 e. The van der Waals surface area contributed by atoms with Gasteiger partial charge in [-0.25, -0.2) is 9.78 Å². The second kappa shape index (κ2) is 3.92. The van der Waals surface area contributed by atoms with Crippen LogP contribution in [0.4, 0.5) is 0 Å². The van der Waals surface area contributed by atoms with E-state index in [4.69, 9.17) is 5.11 Å². The highest BCUT2D eigenvalue weighted by Crippen LogP contribution is 2.16. The molecule has 6 heteroatoms. The molecular weight excluding hydrogens is 232 g/mol. The molecule has 0 fully saturated rings. The van der Waals surface area contributed by atoms with Crippen molar-refractivity contribution in [3.05, 3.63) is 48.7 Å². The Labute approximate surface area is 102 Å². The van der Waals surface area contributed by atoms with Gasteiger partial charge in [0.25, 0.3) is 0 Å². The largest absolute Gasteiger partial charge is 0.478 e. The fourth-order valence-electron chi connectivity index (χ4n) is 1.67. The zero-order chi connectivity index (χ0) is 12.5. The number of pyridine rings is 1. The van der Waals surface area contributed by atoms with Crippen molar-refractivity contribution in [1.82, 2.24) is 19.4 Å². The molecule has 3 aromatic rings. The summed E-state index contributed by atoms with van der Waals surface area (Å²) in [4.78, 5) is 23.3. The maximum atomic E-state index is 10.9. The first-order chi connectivity index (χ1) is 8.74. The Morgan fingerprint density at radius 1 is 1.28 bits per heavy atom. The molecule has 0 aromatic carbocycles. The van der Waals surface area contributed by atoms with Gasteiger partial charge >= 0.3 is 5.97 Å². The molecule has 0 atom stereocenters. The van der Waals surface area contributed by atoms with Crippen molar-refractivity contribution in [2.75, 3.05) is 0 Å². The molecule has 0 spiro atoms. The highest BCUT2D eigenvalue weighted by atomic mass is 16.4. The van der Waals surface area contributed by atoms with Gasteiger partial charge < -0.3 is 9.51 Å². The molecule has 3 rings (SSSR count). The van der Waals surface area contributed by atoms with E-state index in [0.29, 0.717) is 17.0 Å². The molecule has 88 valence electrons. The summed E-state index contributed by atoms with van der Waals surface area (Å²) in [5.41, 5.74) is 2.08. The van der Waals surface area contributed by atoms with E-state index in [1.807, 2.05) is 0 Å². The Hall–Kier alpha value is -2.76. The maximum absolute atomic E-state index is 10.9. The van der Waals surface area contributed by atoms with Crippen LogP contribution in [0.2, 0.25) is 0 Å². The lowest BCUT2D eigenvalue weighted by Crippen LogP contribution is -1.96. The third-order valence-electron chi connectivity index (χ3n) is 2.53. The SMILES string of the molecule is O=C(O)c1ccn2cc(-c3cnccn3)nc2c1. The van der Waals surface area contributed by atoms with Crippen LogP contribution in [-0.4, -0.2) is 30.4 Å². The normalized spacial score (nSPS) is 10.7. The van der Waals surface area contributed by atoms with Gasteiger partial charge in [0.2, 0.25) is 0 Å². The highest BCUT2D eigenvalue weighted by molar-refractivity contribution is 5.88. The van der Waals surface area contributed by atoms with E-state index in [1.165, 1.54) is 12.1 Å².